The van der Waals surface area contributed by atoms with Gasteiger partial charge in [-0.15, -0.1) is 0 Å². The van der Waals surface area contributed by atoms with E-state index in [0.29, 0.717) is 30.1 Å². The first-order valence-electron chi connectivity index (χ1n) is 4.98. The van der Waals surface area contributed by atoms with Gasteiger partial charge in [-0.2, -0.15) is 0 Å². The average Bonchev–Trinajstić information content (AvgIpc) is 2.71. The van der Waals surface area contributed by atoms with Gasteiger partial charge < -0.3 is 20.1 Å². The Bertz CT molecular complexity index is 470. The van der Waals surface area contributed by atoms with Crippen LogP contribution in [0.4, 0.5) is 5.82 Å². The number of nitrogens with one attached hydrogen (secondary N) is 1. The highest BCUT2D eigenvalue weighted by molar-refractivity contribution is 5.82. The Morgan fingerprint density at radius 2 is 2.06 bits per heavy atom. The number of hydrogen-bond acceptors (Lipinski definition) is 6. The molecule has 0 saturated carbocycles. The number of anilines is 1. The number of nitrogens with zero attached hydrogens (tertiary/aromatic N) is 4. The van der Waals surface area contributed by atoms with Crippen LogP contribution in [0.5, 0.6) is 0 Å². The fourth-order valence-electron chi connectivity index (χ4n) is 1.46. The van der Waals surface area contributed by atoms with E-state index in [2.05, 4.69) is 20.3 Å². The number of aliphatic hydroxyl groups excluding tert-OH is 2. The van der Waals surface area contributed by atoms with Crippen molar-refractivity contribution in [3.8, 4) is 0 Å². The Balaban J connectivity index is 2.36. The molecule has 0 unspecified atom stereocenters. The van der Waals surface area contributed by atoms with E-state index in [1.54, 1.807) is 10.9 Å². The number of rotatable bonds is 5. The number of imidazole rings is 1. The second-order valence-corrected chi connectivity index (χ2v) is 3.21. The number of fused-ring (bicyclic) bond motifs is 1. The Labute approximate surface area is 91.8 Å². The van der Waals surface area contributed by atoms with Crippen LogP contribution in [-0.4, -0.2) is 49.5 Å². The zero-order valence-corrected chi connectivity index (χ0v) is 8.67. The third-order valence-corrected chi connectivity index (χ3v) is 2.15. The molecule has 0 saturated heterocycles. The lowest BCUT2D eigenvalue weighted by molar-refractivity contribution is 0.277. The van der Waals surface area contributed by atoms with Crippen LogP contribution >= 0.6 is 0 Å². The lowest BCUT2D eigenvalue weighted by Gasteiger charge is -2.04. The summed E-state index contributed by atoms with van der Waals surface area (Å²) in [5.74, 6) is 0.593. The fraction of sp³-hybridized carbons (Fsp3) is 0.444. The smallest absolute Gasteiger partial charge is 0.165 e. The predicted molar refractivity (Wildman–Crippen MR) is 58.0 cm³/mol. The lowest BCUT2D eigenvalue weighted by atomic mass is 10.4. The fourth-order valence-corrected chi connectivity index (χ4v) is 1.46. The Hall–Kier alpha value is -1.73. The first-order valence-corrected chi connectivity index (χ1v) is 4.98. The van der Waals surface area contributed by atoms with Crippen LogP contribution in [0, 0.1) is 0 Å². The summed E-state index contributed by atoms with van der Waals surface area (Å²) in [5, 5.41) is 20.5. The second-order valence-electron chi connectivity index (χ2n) is 3.21. The third kappa shape index (κ3) is 1.95. The monoisotopic (exact) mass is 223 g/mol. The van der Waals surface area contributed by atoms with Gasteiger partial charge in [-0.1, -0.05) is 0 Å². The maximum Gasteiger partial charge on any atom is 0.165 e. The van der Waals surface area contributed by atoms with Crippen LogP contribution in [0.2, 0.25) is 0 Å². The van der Waals surface area contributed by atoms with Gasteiger partial charge in [0.2, 0.25) is 0 Å². The Kier molecular flexibility index (Phi) is 3.28. The van der Waals surface area contributed by atoms with Crippen molar-refractivity contribution in [3.63, 3.8) is 0 Å². The molecule has 2 heterocycles. The molecule has 86 valence electrons. The summed E-state index contributed by atoms with van der Waals surface area (Å²) in [6.45, 7) is 0.934. The normalized spacial score (nSPS) is 10.9. The number of aromatic nitrogens is 4. The molecule has 2 aromatic rings. The van der Waals surface area contributed by atoms with Gasteiger partial charge in [0, 0.05) is 13.1 Å². The molecule has 0 aliphatic rings. The van der Waals surface area contributed by atoms with Crippen molar-refractivity contribution in [2.24, 2.45) is 0 Å². The second kappa shape index (κ2) is 4.86. The van der Waals surface area contributed by atoms with Crippen LogP contribution in [0.25, 0.3) is 11.2 Å². The molecule has 0 aliphatic heterocycles. The van der Waals surface area contributed by atoms with Crippen molar-refractivity contribution in [2.75, 3.05) is 25.1 Å². The van der Waals surface area contributed by atoms with E-state index in [0.717, 1.165) is 0 Å². The standard InChI is InChI=1S/C9H13N5O2/c15-3-1-10-8-7-9(12-5-11-8)14(2-4-16)6-13-7/h5-6,15-16H,1-4H2,(H,10,11,12). The molecular weight excluding hydrogens is 210 g/mol. The summed E-state index contributed by atoms with van der Waals surface area (Å²) < 4.78 is 1.75. The van der Waals surface area contributed by atoms with Crippen molar-refractivity contribution >= 4 is 17.0 Å². The highest BCUT2D eigenvalue weighted by Crippen LogP contribution is 2.16. The molecule has 16 heavy (non-hydrogen) atoms. The largest absolute Gasteiger partial charge is 0.395 e. The van der Waals surface area contributed by atoms with Gasteiger partial charge in [-0.05, 0) is 0 Å². The molecule has 0 radical (unpaired) electrons. The molecule has 2 aromatic heterocycles. The summed E-state index contributed by atoms with van der Waals surface area (Å²) in [6.07, 6.45) is 3.04. The maximum atomic E-state index is 8.87. The topological polar surface area (TPSA) is 96.1 Å². The molecule has 7 nitrogen and oxygen atoms in total. The quantitative estimate of drug-likeness (QED) is 0.615. The van der Waals surface area contributed by atoms with E-state index >= 15 is 0 Å². The Morgan fingerprint density at radius 1 is 1.19 bits per heavy atom. The summed E-state index contributed by atoms with van der Waals surface area (Å²) in [7, 11) is 0. The molecule has 0 amide bonds. The zero-order chi connectivity index (χ0) is 11.4. The highest BCUT2D eigenvalue weighted by atomic mass is 16.3. The van der Waals surface area contributed by atoms with Gasteiger partial charge in [0.05, 0.1) is 19.5 Å². The van der Waals surface area contributed by atoms with Crippen LogP contribution in [-0.2, 0) is 6.54 Å². The SMILES string of the molecule is OCCNc1ncnc2c1ncn2CCO. The third-order valence-electron chi connectivity index (χ3n) is 2.15. The van der Waals surface area contributed by atoms with E-state index in [4.69, 9.17) is 10.2 Å². The van der Waals surface area contributed by atoms with E-state index in [-0.39, 0.29) is 13.2 Å². The molecular formula is C9H13N5O2. The molecule has 0 aromatic carbocycles. The van der Waals surface area contributed by atoms with Gasteiger partial charge in [0.15, 0.2) is 11.5 Å². The zero-order valence-electron chi connectivity index (χ0n) is 8.67. The first-order chi connectivity index (χ1) is 7.86. The van der Waals surface area contributed by atoms with E-state index < -0.39 is 0 Å². The summed E-state index contributed by atoms with van der Waals surface area (Å²) in [5.41, 5.74) is 1.31. The van der Waals surface area contributed by atoms with Crippen LogP contribution in [0.1, 0.15) is 0 Å². The maximum absolute atomic E-state index is 8.87. The van der Waals surface area contributed by atoms with Gasteiger partial charge in [0.1, 0.15) is 11.8 Å². The molecule has 2 rings (SSSR count). The lowest BCUT2D eigenvalue weighted by Crippen LogP contribution is -2.08. The minimum Gasteiger partial charge on any atom is -0.395 e. The summed E-state index contributed by atoms with van der Waals surface area (Å²) >= 11 is 0. The molecule has 0 spiro atoms. The minimum atomic E-state index is 0.0306. The van der Waals surface area contributed by atoms with E-state index in [9.17, 15) is 0 Å². The van der Waals surface area contributed by atoms with Gasteiger partial charge in [0.25, 0.3) is 0 Å². The first kappa shape index (κ1) is 10.8. The molecule has 0 aliphatic carbocycles. The van der Waals surface area contributed by atoms with Crippen LogP contribution in [0.15, 0.2) is 12.7 Å². The van der Waals surface area contributed by atoms with Gasteiger partial charge >= 0.3 is 0 Å². The Morgan fingerprint density at radius 3 is 2.81 bits per heavy atom. The summed E-state index contributed by atoms with van der Waals surface area (Å²) in [6, 6.07) is 0. The van der Waals surface area contributed by atoms with E-state index in [1.165, 1.54) is 6.33 Å². The number of hydrogen-bond donors (Lipinski definition) is 3. The van der Waals surface area contributed by atoms with Crippen molar-refractivity contribution < 1.29 is 10.2 Å². The van der Waals surface area contributed by atoms with Crippen LogP contribution in [0.3, 0.4) is 0 Å². The number of aliphatic hydroxyl groups is 2. The van der Waals surface area contributed by atoms with E-state index in [1.807, 2.05) is 0 Å². The molecule has 7 heteroatoms. The van der Waals surface area contributed by atoms with Crippen molar-refractivity contribution in [1.82, 2.24) is 19.5 Å². The highest BCUT2D eigenvalue weighted by Gasteiger charge is 2.08. The molecule has 3 N–H and O–H groups in total. The van der Waals surface area contributed by atoms with Gasteiger partial charge in [-0.3, -0.25) is 0 Å². The minimum absolute atomic E-state index is 0.0306. The predicted octanol–water partition coefficient (Wildman–Crippen LogP) is -0.777. The summed E-state index contributed by atoms with van der Waals surface area (Å²) in [4.78, 5) is 12.3. The molecule has 0 fully saturated rings. The molecule has 0 bridgehead atoms. The van der Waals surface area contributed by atoms with Crippen molar-refractivity contribution in [1.29, 1.82) is 0 Å². The average molecular weight is 223 g/mol. The van der Waals surface area contributed by atoms with Crippen molar-refractivity contribution in [2.45, 2.75) is 6.54 Å². The molecule has 0 atom stereocenters. The van der Waals surface area contributed by atoms with Crippen molar-refractivity contribution in [3.05, 3.63) is 12.7 Å². The van der Waals surface area contributed by atoms with Gasteiger partial charge in [-0.25, -0.2) is 15.0 Å². The van der Waals surface area contributed by atoms with Crippen LogP contribution < -0.4 is 5.32 Å².